The fourth-order valence-corrected chi connectivity index (χ4v) is 7.25. The molecule has 0 atom stereocenters. The predicted molar refractivity (Wildman–Crippen MR) is 124 cm³/mol. The van der Waals surface area contributed by atoms with Gasteiger partial charge in [0.2, 0.25) is 0 Å². The number of rotatable bonds is 4. The molecule has 0 aromatic heterocycles. The van der Waals surface area contributed by atoms with Crippen LogP contribution in [0.2, 0.25) is 0 Å². The second-order valence-electron chi connectivity index (χ2n) is 8.22. The molecule has 1 aromatic carbocycles. The van der Waals surface area contributed by atoms with Crippen LogP contribution >= 0.6 is 7.92 Å². The molecule has 0 saturated heterocycles. The van der Waals surface area contributed by atoms with Crippen LogP contribution in [0.4, 0.5) is 0 Å². The van der Waals surface area contributed by atoms with E-state index in [0.717, 1.165) is 17.7 Å². The van der Waals surface area contributed by atoms with Gasteiger partial charge >= 0.3 is 0 Å². The third-order valence-corrected chi connectivity index (χ3v) is 8.39. The quantitative estimate of drug-likeness (QED) is 0.345. The van der Waals surface area contributed by atoms with Gasteiger partial charge < -0.3 is 4.90 Å². The van der Waals surface area contributed by atoms with E-state index in [1.807, 2.05) is 0 Å². The first-order valence-corrected chi connectivity index (χ1v) is 12.0. The van der Waals surface area contributed by atoms with E-state index in [4.69, 9.17) is 0 Å². The van der Waals surface area contributed by atoms with Crippen LogP contribution in [0.1, 0.15) is 64.5 Å². The van der Waals surface area contributed by atoms with Crippen molar-refractivity contribution in [1.82, 2.24) is 4.90 Å². The SMILES string of the molecule is CC(C)P(C1=C(N(C)C)Cc2ccccc21)C(C)C.[CH]1[CH]CC[CH][CH]CC1.[Ir]. The van der Waals surface area contributed by atoms with Crippen molar-refractivity contribution in [3.8, 4) is 0 Å². The van der Waals surface area contributed by atoms with Crippen LogP contribution in [-0.4, -0.2) is 30.3 Å². The summed E-state index contributed by atoms with van der Waals surface area (Å²) in [6.45, 7) is 9.53. The Labute approximate surface area is 189 Å². The molecular formula is C25H38IrNP. The van der Waals surface area contributed by atoms with Gasteiger partial charge in [0, 0.05) is 51.6 Å². The van der Waals surface area contributed by atoms with Crippen LogP contribution in [0.25, 0.3) is 5.31 Å². The van der Waals surface area contributed by atoms with Crippen molar-refractivity contribution < 1.29 is 20.1 Å². The second-order valence-corrected chi connectivity index (χ2v) is 11.5. The Balaban J connectivity index is 0.000000367. The van der Waals surface area contributed by atoms with Crippen LogP contribution in [0.5, 0.6) is 0 Å². The number of allylic oxidation sites excluding steroid dienone is 1. The molecule has 157 valence electrons. The van der Waals surface area contributed by atoms with Crippen LogP contribution in [0, 0.1) is 25.7 Å². The molecule has 3 heteroatoms. The smallest absolute Gasteiger partial charge is 0.0257 e. The van der Waals surface area contributed by atoms with Gasteiger partial charge in [-0.25, -0.2) is 0 Å². The molecule has 0 aliphatic heterocycles. The van der Waals surface area contributed by atoms with E-state index in [2.05, 4.69) is 96.6 Å². The molecule has 0 bridgehead atoms. The Morgan fingerprint density at radius 3 is 1.68 bits per heavy atom. The number of fused-ring (bicyclic) bond motifs is 1. The third kappa shape index (κ3) is 7.27. The van der Waals surface area contributed by atoms with Crippen LogP contribution in [0.3, 0.4) is 0 Å². The van der Waals surface area contributed by atoms with E-state index in [1.54, 1.807) is 5.31 Å². The Hall–Kier alpha value is -0.161. The van der Waals surface area contributed by atoms with Gasteiger partial charge in [-0.2, -0.15) is 0 Å². The summed E-state index contributed by atoms with van der Waals surface area (Å²) < 4.78 is 0. The van der Waals surface area contributed by atoms with E-state index in [1.165, 1.54) is 42.5 Å². The van der Waals surface area contributed by atoms with Gasteiger partial charge in [-0.15, -0.1) is 0 Å². The zero-order chi connectivity index (χ0) is 19.8. The number of nitrogens with zero attached hydrogens (tertiary/aromatic N) is 1. The molecule has 1 fully saturated rings. The van der Waals surface area contributed by atoms with Crippen molar-refractivity contribution in [1.29, 1.82) is 0 Å². The molecular weight excluding hydrogens is 537 g/mol. The minimum absolute atomic E-state index is 0. The average molecular weight is 576 g/mol. The van der Waals surface area contributed by atoms with Crippen LogP contribution < -0.4 is 0 Å². The summed E-state index contributed by atoms with van der Waals surface area (Å²) in [5.74, 6) is 0. The van der Waals surface area contributed by atoms with E-state index >= 15 is 0 Å². The van der Waals surface area contributed by atoms with Gasteiger partial charge in [-0.1, -0.05) is 59.9 Å². The molecule has 0 unspecified atom stereocenters. The molecule has 0 N–H and O–H groups in total. The van der Waals surface area contributed by atoms with E-state index in [-0.39, 0.29) is 28.0 Å². The summed E-state index contributed by atoms with van der Waals surface area (Å²) in [6.07, 6.45) is 15.1. The molecule has 2 aliphatic carbocycles. The zero-order valence-electron chi connectivity index (χ0n) is 18.5. The number of likely N-dealkylation sites (N-methyl/N-ethyl adjacent to an activating group) is 1. The third-order valence-electron chi connectivity index (χ3n) is 5.15. The topological polar surface area (TPSA) is 3.24 Å². The predicted octanol–water partition coefficient (Wildman–Crippen LogP) is 7.15. The first-order chi connectivity index (χ1) is 12.9. The summed E-state index contributed by atoms with van der Waals surface area (Å²) in [4.78, 5) is 2.33. The molecule has 1 saturated carbocycles. The van der Waals surface area contributed by atoms with Crippen molar-refractivity contribution in [2.45, 2.75) is 71.1 Å². The van der Waals surface area contributed by atoms with Gasteiger partial charge in [-0.3, -0.25) is 0 Å². The molecule has 1 aromatic rings. The van der Waals surface area contributed by atoms with Crippen molar-refractivity contribution in [2.75, 3.05) is 14.1 Å². The van der Waals surface area contributed by atoms with Gasteiger partial charge in [-0.05, 0) is 73.8 Å². The number of hydrogen-bond donors (Lipinski definition) is 0. The average Bonchev–Trinajstić information content (AvgIpc) is 2.94. The summed E-state index contributed by atoms with van der Waals surface area (Å²) in [6, 6.07) is 8.97. The second kappa shape index (κ2) is 13.2. The maximum atomic E-state index is 2.38. The minimum Gasteiger partial charge on any atom is -0.380 e. The molecule has 1 nitrogen and oxygen atoms in total. The first-order valence-electron chi connectivity index (χ1n) is 10.5. The van der Waals surface area contributed by atoms with Crippen molar-refractivity contribution in [3.63, 3.8) is 0 Å². The Kier molecular flexibility index (Phi) is 12.2. The Bertz CT molecular complexity index is 574. The van der Waals surface area contributed by atoms with Gasteiger partial charge in [0.25, 0.3) is 0 Å². The van der Waals surface area contributed by atoms with Gasteiger partial charge in [0.15, 0.2) is 0 Å². The minimum atomic E-state index is -0.100. The Morgan fingerprint density at radius 1 is 0.786 bits per heavy atom. The van der Waals surface area contributed by atoms with E-state index < -0.39 is 0 Å². The van der Waals surface area contributed by atoms with Crippen molar-refractivity contribution in [2.24, 2.45) is 0 Å². The molecule has 0 amide bonds. The van der Waals surface area contributed by atoms with E-state index in [0.29, 0.717) is 0 Å². The maximum absolute atomic E-state index is 2.38. The summed E-state index contributed by atoms with van der Waals surface area (Å²) >= 11 is 0. The summed E-state index contributed by atoms with van der Waals surface area (Å²) in [7, 11) is 4.28. The van der Waals surface area contributed by atoms with Gasteiger partial charge in [0.1, 0.15) is 0 Å². The number of hydrogen-bond acceptors (Lipinski definition) is 1. The van der Waals surface area contributed by atoms with E-state index in [9.17, 15) is 0 Å². The van der Waals surface area contributed by atoms with Crippen molar-refractivity contribution >= 4 is 13.2 Å². The summed E-state index contributed by atoms with van der Waals surface area (Å²) in [5, 5.41) is 1.65. The monoisotopic (exact) mass is 576 g/mol. The fourth-order valence-electron chi connectivity index (χ4n) is 3.95. The molecule has 28 heavy (non-hydrogen) atoms. The molecule has 0 heterocycles. The Morgan fingerprint density at radius 2 is 1.25 bits per heavy atom. The van der Waals surface area contributed by atoms with Gasteiger partial charge in [0.05, 0.1) is 0 Å². The zero-order valence-corrected chi connectivity index (χ0v) is 21.8. The van der Waals surface area contributed by atoms with Crippen molar-refractivity contribution in [3.05, 3.63) is 66.8 Å². The standard InChI is InChI=1S/C17H26NP.C8H12.Ir/c1-12(2)19(13(3)4)17-15-10-8-7-9-14(15)11-16(17)18(5)6;1-2-4-6-8-7-5-3-1;/h7-10,12-13H,11H2,1-6H3;1-2,7-8H,3-6H2;. The van der Waals surface area contributed by atoms with Crippen LogP contribution in [0.15, 0.2) is 30.0 Å². The fraction of sp³-hybridized carbons (Fsp3) is 0.520. The largest absolute Gasteiger partial charge is 0.380 e. The molecule has 2 aliphatic rings. The normalized spacial score (nSPS) is 16.9. The molecule has 5 radical (unpaired) electrons. The summed E-state index contributed by atoms with van der Waals surface area (Å²) in [5.41, 5.74) is 6.04. The molecule has 3 rings (SSSR count). The number of benzene rings is 1. The maximum Gasteiger partial charge on any atom is 0.0257 e. The van der Waals surface area contributed by atoms with Crippen LogP contribution in [-0.2, 0) is 26.5 Å². The first kappa shape index (κ1) is 25.9. The molecule has 0 spiro atoms.